The van der Waals surface area contributed by atoms with E-state index in [1.54, 1.807) is 48.5 Å². The first-order valence-electron chi connectivity index (χ1n) is 33.4. The zero-order chi connectivity index (χ0) is 81.3. The summed E-state index contributed by atoms with van der Waals surface area (Å²) < 4.78 is 184. The molecule has 11 heterocycles. The number of hydrogen-bond acceptors (Lipinski definition) is 25. The van der Waals surface area contributed by atoms with Crippen LogP contribution in [-0.2, 0) is 37.5 Å². The molecule has 1 unspecified atom stereocenters. The van der Waals surface area contributed by atoms with Crippen LogP contribution in [0.1, 0.15) is 52.4 Å². The van der Waals surface area contributed by atoms with Gasteiger partial charge < -0.3 is 32.8 Å². The molecular formula is C73H57F12N19O10. The summed E-state index contributed by atoms with van der Waals surface area (Å²) in [5.41, 5.74) is 6.61. The van der Waals surface area contributed by atoms with Gasteiger partial charge in [0.15, 0.2) is 24.6 Å². The van der Waals surface area contributed by atoms with Gasteiger partial charge in [-0.3, -0.25) is 19.2 Å². The van der Waals surface area contributed by atoms with Crippen LogP contribution in [0.4, 0.5) is 58.6 Å². The lowest BCUT2D eigenvalue weighted by Crippen LogP contribution is -2.42. The molecule has 0 spiro atoms. The van der Waals surface area contributed by atoms with Gasteiger partial charge in [-0.25, -0.2) is 63.0 Å². The summed E-state index contributed by atoms with van der Waals surface area (Å²) in [4.78, 5) is 80.8. The number of aromatic nitrogens is 17. The first kappa shape index (κ1) is 81.1. The number of nitriles is 1. The molecular weight excluding hydrogens is 1530 g/mol. The zero-order valence-corrected chi connectivity index (χ0v) is 59.1. The number of pyridine rings is 1. The summed E-state index contributed by atoms with van der Waals surface area (Å²) in [6.45, 7) is -3.16. The molecule has 13 aromatic rings. The van der Waals surface area contributed by atoms with Crippen molar-refractivity contribution in [2.75, 3.05) is 31.8 Å². The van der Waals surface area contributed by atoms with E-state index in [1.165, 1.54) is 137 Å². The molecule has 114 heavy (non-hydrogen) atoms. The maximum absolute atomic E-state index is 13.4. The molecule has 1 aliphatic heterocycles. The van der Waals surface area contributed by atoms with Crippen LogP contribution >= 0.6 is 0 Å². The van der Waals surface area contributed by atoms with Gasteiger partial charge in [-0.05, 0) is 103 Å². The fraction of sp³-hybridized carbons (Fsp3) is 0.233. The van der Waals surface area contributed by atoms with Crippen molar-refractivity contribution in [1.82, 2.24) is 84.2 Å². The van der Waals surface area contributed by atoms with Crippen LogP contribution in [0.2, 0.25) is 0 Å². The Morgan fingerprint density at radius 2 is 1.06 bits per heavy atom. The molecule has 0 N–H and O–H groups in total. The van der Waals surface area contributed by atoms with Gasteiger partial charge in [0, 0.05) is 116 Å². The molecule has 1 saturated heterocycles. The smallest absolute Gasteiger partial charge is 0.422 e. The second kappa shape index (κ2) is 36.3. The molecule has 29 nitrogen and oxygen atoms in total. The van der Waals surface area contributed by atoms with Crippen LogP contribution in [0.3, 0.4) is 0 Å². The number of alkyl halides is 11. The van der Waals surface area contributed by atoms with Crippen molar-refractivity contribution < 1.29 is 80.6 Å². The number of rotatable bonds is 21. The van der Waals surface area contributed by atoms with E-state index in [0.29, 0.717) is 91.0 Å². The predicted octanol–water partition coefficient (Wildman–Crippen LogP) is 11.2. The molecule has 588 valence electrons. The minimum absolute atomic E-state index is 0.00616. The first-order chi connectivity index (χ1) is 54.5. The molecule has 0 radical (unpaired) electrons. The number of fused-ring (bicyclic) bond motifs is 1. The number of ether oxygens (including phenoxy) is 4. The number of halogens is 12. The SMILES string of the molecule is COCc1cc(Cn2nc(-c3cnc(OCC(F)(F)F)nc3)ccc2=O)on1.Cc1ccc2oc(Cn3nc(-c4cnc(OCC(F)(F)F)nc4)ccc3=O)nc2c1.N#Cc1cccc(Cn2nc(-c3ccc(OC(F)F)nc3)ccc2=O)c1.O=c1ccc(-c2cnc(N3CCCC3C(F)(F)F)nc2)nn1Cc1cccc(F)c1. The van der Waals surface area contributed by atoms with Crippen molar-refractivity contribution in [2.45, 2.75) is 83.7 Å². The third-order valence-corrected chi connectivity index (χ3v) is 15.8. The van der Waals surface area contributed by atoms with Crippen molar-refractivity contribution in [1.29, 1.82) is 5.26 Å². The lowest BCUT2D eigenvalue weighted by atomic mass is 10.1. The van der Waals surface area contributed by atoms with E-state index in [2.05, 4.69) is 79.6 Å². The van der Waals surface area contributed by atoms with Crippen LogP contribution in [0.25, 0.3) is 56.1 Å². The predicted molar refractivity (Wildman–Crippen MR) is 376 cm³/mol. The number of aryl methyl sites for hydroxylation is 1. The fourth-order valence-corrected chi connectivity index (χ4v) is 10.6. The minimum Gasteiger partial charge on any atom is -0.454 e. The van der Waals surface area contributed by atoms with Crippen LogP contribution in [-0.4, -0.2) is 142 Å². The van der Waals surface area contributed by atoms with E-state index < -0.39 is 62.2 Å². The normalized spacial score (nSPS) is 12.8. The standard InChI is InChI=1S/C20H17F4N5O.C19H14F3N5O3.C18H12F2N4O2.C16H14F3N5O4/c21-15-4-1-3-13(9-15)12-29-18(30)7-6-16(27-29)14-10-25-19(26-11-14)28-8-2-5-17(28)20(22,23)24;1-11-2-4-15-14(6-11)25-16(30-15)9-27-17(28)5-3-13(26-27)12-7-23-18(24-8-12)29-10-19(20,21)22;19-18(20)26-16-6-4-14(10-22-16)15-5-7-17(25)24(23-15)11-13-3-1-2-12(8-13)9-21;1-26-8-11-4-12(28-23-11)7-24-14(25)3-2-13(22-24)10-5-20-15(21-6-10)27-9-16(17,18)19/h1,3-4,6-7,9-11,17H,2,5,8,12H2;2-8H,9-10H2,1H3;1-8,10,18H,11H2;2-6H,7-9H2,1H3. The molecule has 1 fully saturated rings. The molecule has 14 rings (SSSR count). The number of methoxy groups -OCH3 is 1. The Labute approximate surface area is 633 Å². The number of benzene rings is 3. The second-order valence-corrected chi connectivity index (χ2v) is 24.3. The topological polar surface area (TPSA) is 346 Å². The highest BCUT2D eigenvalue weighted by Gasteiger charge is 2.47. The third kappa shape index (κ3) is 22.9. The number of oxazole rings is 1. The highest BCUT2D eigenvalue weighted by atomic mass is 19.4. The second-order valence-electron chi connectivity index (χ2n) is 24.3. The van der Waals surface area contributed by atoms with E-state index in [4.69, 9.17) is 18.9 Å². The summed E-state index contributed by atoms with van der Waals surface area (Å²) in [5.74, 6) is 0.109. The molecule has 1 aliphatic rings. The third-order valence-electron chi connectivity index (χ3n) is 15.8. The highest BCUT2D eigenvalue weighted by molar-refractivity contribution is 5.73. The van der Waals surface area contributed by atoms with E-state index >= 15 is 0 Å². The minimum atomic E-state index is -4.48. The largest absolute Gasteiger partial charge is 0.454 e. The van der Waals surface area contributed by atoms with Crippen molar-refractivity contribution in [3.63, 3.8) is 0 Å². The van der Waals surface area contributed by atoms with Crippen LogP contribution in [0, 0.1) is 24.1 Å². The zero-order valence-electron chi connectivity index (χ0n) is 59.1. The quantitative estimate of drug-likeness (QED) is 0.0603. The van der Waals surface area contributed by atoms with E-state index in [-0.39, 0.29) is 79.8 Å². The van der Waals surface area contributed by atoms with Crippen molar-refractivity contribution in [2.24, 2.45) is 0 Å². The Morgan fingerprint density at radius 3 is 1.55 bits per heavy atom. The van der Waals surface area contributed by atoms with Gasteiger partial charge in [0.2, 0.25) is 17.7 Å². The monoisotopic (exact) mass is 1590 g/mol. The number of nitrogens with zero attached hydrogens (tertiary/aromatic N) is 19. The van der Waals surface area contributed by atoms with Gasteiger partial charge >= 0.3 is 37.2 Å². The summed E-state index contributed by atoms with van der Waals surface area (Å²) in [6, 6.07) is 33.6. The van der Waals surface area contributed by atoms with E-state index in [9.17, 15) is 71.9 Å². The van der Waals surface area contributed by atoms with Gasteiger partial charge in [-0.1, -0.05) is 35.5 Å². The first-order valence-corrected chi connectivity index (χ1v) is 33.4. The van der Waals surface area contributed by atoms with E-state index in [0.717, 1.165) is 20.7 Å². The molecule has 0 bridgehead atoms. The van der Waals surface area contributed by atoms with Crippen LogP contribution < -0.4 is 41.3 Å². The van der Waals surface area contributed by atoms with E-state index in [1.807, 2.05) is 25.1 Å². The van der Waals surface area contributed by atoms with Crippen molar-refractivity contribution >= 4 is 17.0 Å². The van der Waals surface area contributed by atoms with Crippen molar-refractivity contribution in [3.8, 4) is 69.0 Å². The van der Waals surface area contributed by atoms with Gasteiger partial charge in [0.1, 0.15) is 36.2 Å². The molecule has 10 aromatic heterocycles. The maximum atomic E-state index is 13.4. The summed E-state index contributed by atoms with van der Waals surface area (Å²) in [5, 5.41) is 29.7. The highest BCUT2D eigenvalue weighted by Crippen LogP contribution is 2.35. The van der Waals surface area contributed by atoms with Crippen LogP contribution in [0.15, 0.2) is 205 Å². The van der Waals surface area contributed by atoms with Gasteiger partial charge in [0.25, 0.3) is 22.2 Å². The Balaban J connectivity index is 0.000000150. The molecule has 1 atom stereocenters. The fourth-order valence-electron chi connectivity index (χ4n) is 10.6. The van der Waals surface area contributed by atoms with Gasteiger partial charge in [-0.15, -0.1) is 0 Å². The Kier molecular flexibility index (Phi) is 25.8. The summed E-state index contributed by atoms with van der Waals surface area (Å²) in [7, 11) is 1.52. The van der Waals surface area contributed by atoms with Crippen molar-refractivity contribution in [3.05, 3.63) is 264 Å². The molecule has 0 aliphatic carbocycles. The number of anilines is 1. The molecule has 0 saturated carbocycles. The number of hydrogen-bond donors (Lipinski definition) is 0. The lowest BCUT2D eigenvalue weighted by Gasteiger charge is -2.26. The van der Waals surface area contributed by atoms with Gasteiger partial charge in [0.05, 0.1) is 54.1 Å². The average Bonchev–Trinajstić information content (AvgIpc) is 1.54. The average molecular weight is 1590 g/mol. The molecule has 41 heteroatoms. The summed E-state index contributed by atoms with van der Waals surface area (Å²) in [6.07, 6.45) is -3.74. The van der Waals surface area contributed by atoms with Crippen LogP contribution in [0.5, 0.6) is 17.9 Å². The van der Waals surface area contributed by atoms with Gasteiger partial charge in [-0.2, -0.15) is 74.0 Å². The summed E-state index contributed by atoms with van der Waals surface area (Å²) >= 11 is 0. The Bertz CT molecular complexity index is 5740. The molecule has 3 aromatic carbocycles. The Hall–Kier alpha value is -13.9. The Morgan fingerprint density at radius 1 is 0.561 bits per heavy atom. The maximum Gasteiger partial charge on any atom is 0.422 e. The lowest BCUT2D eigenvalue weighted by molar-refractivity contribution is -0.155. The molecule has 0 amide bonds.